The number of aromatic nitrogens is 2. The van der Waals surface area contributed by atoms with E-state index < -0.39 is 8.07 Å². The number of hydrogen-bond donors (Lipinski definition) is 0. The molecule has 8 rings (SSSR count). The van der Waals surface area contributed by atoms with E-state index >= 15 is 0 Å². The van der Waals surface area contributed by atoms with Crippen LogP contribution in [0.15, 0.2) is 106 Å². The third-order valence-corrected chi connectivity index (χ3v) is 10.3. The minimum Gasteiger partial charge on any atom is -0.455 e. The molecule has 0 fully saturated rings. The van der Waals surface area contributed by atoms with Crippen LogP contribution >= 0.6 is 0 Å². The fourth-order valence-corrected chi connectivity index (χ4v) is 7.21. The van der Waals surface area contributed by atoms with Gasteiger partial charge in [-0.25, -0.2) is 9.97 Å². The normalized spacial score (nSPS) is 12.4. The van der Waals surface area contributed by atoms with Crippen LogP contribution in [-0.4, -0.2) is 18.0 Å². The van der Waals surface area contributed by atoms with Crippen molar-refractivity contribution in [2.24, 2.45) is 0 Å². The summed E-state index contributed by atoms with van der Waals surface area (Å²) in [5, 5.41) is 6.90. The number of nitrogens with zero attached hydrogens (tertiary/aromatic N) is 2. The first-order chi connectivity index (χ1) is 19.8. The Morgan fingerprint density at radius 1 is 0.659 bits per heavy atom. The summed E-state index contributed by atoms with van der Waals surface area (Å²) in [5.41, 5.74) is 9.43. The van der Waals surface area contributed by atoms with Crippen LogP contribution in [0.1, 0.15) is 5.56 Å². The molecular formula is C36H28N2O2Si. The first-order valence-electron chi connectivity index (χ1n) is 14.0. The van der Waals surface area contributed by atoms with Gasteiger partial charge in [-0.1, -0.05) is 85.5 Å². The largest absolute Gasteiger partial charge is 0.455 e. The lowest BCUT2D eigenvalue weighted by Gasteiger charge is -2.18. The van der Waals surface area contributed by atoms with E-state index in [-0.39, 0.29) is 0 Å². The molecule has 0 saturated heterocycles. The third kappa shape index (κ3) is 3.73. The van der Waals surface area contributed by atoms with Gasteiger partial charge in [-0.15, -0.1) is 0 Å². The smallest absolute Gasteiger partial charge is 0.227 e. The lowest BCUT2D eigenvalue weighted by molar-refractivity contribution is 0.654. The molecule has 0 aliphatic carbocycles. The number of pyridine rings is 2. The molecule has 0 unspecified atom stereocenters. The Morgan fingerprint density at radius 2 is 1.46 bits per heavy atom. The predicted octanol–water partition coefficient (Wildman–Crippen LogP) is 9.62. The summed E-state index contributed by atoms with van der Waals surface area (Å²) >= 11 is 0. The maximum absolute atomic E-state index is 6.50. The number of furan rings is 2. The molecule has 4 aromatic heterocycles. The van der Waals surface area contributed by atoms with Crippen molar-refractivity contribution >= 4 is 68.2 Å². The minimum absolute atomic E-state index is 0.644. The van der Waals surface area contributed by atoms with Gasteiger partial charge in [-0.05, 0) is 48.4 Å². The van der Waals surface area contributed by atoms with Gasteiger partial charge in [0.25, 0.3) is 0 Å². The van der Waals surface area contributed by atoms with E-state index in [0.717, 1.165) is 71.6 Å². The van der Waals surface area contributed by atoms with Gasteiger partial charge in [0.05, 0.1) is 19.3 Å². The molecule has 0 aliphatic heterocycles. The summed E-state index contributed by atoms with van der Waals surface area (Å²) < 4.78 is 12.6. The van der Waals surface area contributed by atoms with Gasteiger partial charge < -0.3 is 8.83 Å². The molecule has 0 bridgehead atoms. The van der Waals surface area contributed by atoms with Crippen LogP contribution in [0.4, 0.5) is 0 Å². The SMILES string of the molecule is Cc1cccc2oc3ncc(-c4cc(-c5cccc6c5oc5ccccc56)c5cc([Si](C)(C)C)ccc5n4)cc3c12. The van der Waals surface area contributed by atoms with Crippen molar-refractivity contribution in [2.45, 2.75) is 26.6 Å². The van der Waals surface area contributed by atoms with Crippen LogP contribution in [0.2, 0.25) is 19.6 Å². The molecule has 4 nitrogen and oxygen atoms in total. The molecule has 4 aromatic carbocycles. The molecule has 198 valence electrons. The van der Waals surface area contributed by atoms with Gasteiger partial charge in [0.1, 0.15) is 16.7 Å². The minimum atomic E-state index is -1.56. The van der Waals surface area contributed by atoms with Crippen LogP contribution in [0.3, 0.4) is 0 Å². The molecule has 0 atom stereocenters. The summed E-state index contributed by atoms with van der Waals surface area (Å²) in [4.78, 5) is 9.91. The van der Waals surface area contributed by atoms with Crippen LogP contribution in [0.25, 0.3) is 77.3 Å². The lowest BCUT2D eigenvalue weighted by Crippen LogP contribution is -2.37. The van der Waals surface area contributed by atoms with Gasteiger partial charge in [-0.3, -0.25) is 0 Å². The molecule has 0 N–H and O–H groups in total. The summed E-state index contributed by atoms with van der Waals surface area (Å²) in [7, 11) is -1.56. The zero-order valence-electron chi connectivity index (χ0n) is 23.4. The van der Waals surface area contributed by atoms with Crippen molar-refractivity contribution < 1.29 is 8.83 Å². The van der Waals surface area contributed by atoms with Gasteiger partial charge in [-0.2, -0.15) is 0 Å². The number of aryl methyl sites for hydroxylation is 1. The average molecular weight is 549 g/mol. The van der Waals surface area contributed by atoms with Crippen molar-refractivity contribution in [1.29, 1.82) is 0 Å². The fourth-order valence-electron chi connectivity index (χ4n) is 6.05. The monoisotopic (exact) mass is 548 g/mol. The van der Waals surface area contributed by atoms with Crippen LogP contribution in [0, 0.1) is 6.92 Å². The Hall–Kier alpha value is -4.74. The molecule has 0 aliphatic rings. The molecule has 0 spiro atoms. The molecule has 5 heteroatoms. The predicted molar refractivity (Wildman–Crippen MR) is 173 cm³/mol. The lowest BCUT2D eigenvalue weighted by atomic mass is 9.96. The molecule has 0 amide bonds. The first-order valence-corrected chi connectivity index (χ1v) is 17.5. The third-order valence-electron chi connectivity index (χ3n) is 8.23. The van der Waals surface area contributed by atoms with Gasteiger partial charge >= 0.3 is 0 Å². The molecule has 4 heterocycles. The summed E-state index contributed by atoms with van der Waals surface area (Å²) in [6.07, 6.45) is 1.87. The zero-order valence-corrected chi connectivity index (χ0v) is 24.4. The molecule has 0 saturated carbocycles. The van der Waals surface area contributed by atoms with Crippen molar-refractivity contribution in [3.63, 3.8) is 0 Å². The Balaban J connectivity index is 1.44. The van der Waals surface area contributed by atoms with Crippen LogP contribution in [-0.2, 0) is 0 Å². The van der Waals surface area contributed by atoms with Gasteiger partial charge in [0.2, 0.25) is 5.71 Å². The average Bonchev–Trinajstić information content (AvgIpc) is 3.54. The van der Waals surface area contributed by atoms with Crippen LogP contribution < -0.4 is 5.19 Å². The highest BCUT2D eigenvalue weighted by molar-refractivity contribution is 6.88. The number of hydrogen-bond acceptors (Lipinski definition) is 4. The highest BCUT2D eigenvalue weighted by Crippen LogP contribution is 2.40. The Bertz CT molecular complexity index is 2320. The first kappa shape index (κ1) is 24.1. The topological polar surface area (TPSA) is 52.1 Å². The van der Waals surface area contributed by atoms with Crippen LogP contribution in [0.5, 0.6) is 0 Å². The quantitative estimate of drug-likeness (QED) is 0.206. The van der Waals surface area contributed by atoms with E-state index in [2.05, 4.69) is 93.3 Å². The van der Waals surface area contributed by atoms with Gasteiger partial charge in [0, 0.05) is 44.3 Å². The standard InChI is InChI=1S/C36H28N2O2Si/c1-21-9-7-14-33-34(21)29-17-22(20-37-36(29)40-33)31-19-27(28-18-23(41(2,3)4)15-16-30(28)38-31)26-12-8-11-25-24-10-5-6-13-32(24)39-35(25)26/h5-20H,1-4H3. The van der Waals surface area contributed by atoms with E-state index in [1.807, 2.05) is 30.5 Å². The van der Waals surface area contributed by atoms with Gasteiger partial charge in [0.15, 0.2) is 0 Å². The maximum atomic E-state index is 6.50. The highest BCUT2D eigenvalue weighted by atomic mass is 28.3. The van der Waals surface area contributed by atoms with Crippen molar-refractivity contribution in [2.75, 3.05) is 0 Å². The van der Waals surface area contributed by atoms with Crippen molar-refractivity contribution in [1.82, 2.24) is 9.97 Å². The second-order valence-electron chi connectivity index (χ2n) is 11.9. The fraction of sp³-hybridized carbons (Fsp3) is 0.111. The van der Waals surface area contributed by atoms with E-state index in [4.69, 9.17) is 18.8 Å². The molecule has 0 radical (unpaired) electrons. The van der Waals surface area contributed by atoms with E-state index in [1.54, 1.807) is 0 Å². The summed E-state index contributed by atoms with van der Waals surface area (Å²) in [5.74, 6) is 0. The number of fused-ring (bicyclic) bond motifs is 7. The Labute approximate surface area is 238 Å². The van der Waals surface area contributed by atoms with E-state index in [0.29, 0.717) is 5.71 Å². The number of rotatable bonds is 3. The molecular weight excluding hydrogens is 520 g/mol. The summed E-state index contributed by atoms with van der Waals surface area (Å²) in [6, 6.07) is 32.0. The molecule has 8 aromatic rings. The Morgan fingerprint density at radius 3 is 2.34 bits per heavy atom. The maximum Gasteiger partial charge on any atom is 0.227 e. The number of para-hydroxylation sites is 2. The molecule has 41 heavy (non-hydrogen) atoms. The second-order valence-corrected chi connectivity index (χ2v) is 17.0. The van der Waals surface area contributed by atoms with E-state index in [1.165, 1.54) is 10.8 Å². The van der Waals surface area contributed by atoms with E-state index in [9.17, 15) is 0 Å². The second kappa shape index (κ2) is 8.63. The summed E-state index contributed by atoms with van der Waals surface area (Å²) in [6.45, 7) is 9.26. The van der Waals surface area contributed by atoms with Crippen molar-refractivity contribution in [3.05, 3.63) is 103 Å². The van der Waals surface area contributed by atoms with Crippen molar-refractivity contribution in [3.8, 4) is 22.4 Å². The highest BCUT2D eigenvalue weighted by Gasteiger charge is 2.21. The number of benzene rings is 4. The zero-order chi connectivity index (χ0) is 27.9. The Kier molecular flexibility index (Phi) is 5.07.